The fourth-order valence-corrected chi connectivity index (χ4v) is 6.70. The van der Waals surface area contributed by atoms with Crippen LogP contribution in [0.1, 0.15) is 38.2 Å². The number of nitrogens with zero attached hydrogens (tertiary/aromatic N) is 6. The van der Waals surface area contributed by atoms with Gasteiger partial charge in [0.1, 0.15) is 5.56 Å². The van der Waals surface area contributed by atoms with Crippen LogP contribution in [-0.4, -0.2) is 81.6 Å². The van der Waals surface area contributed by atoms with Gasteiger partial charge in [0.15, 0.2) is 0 Å². The molecular formula is C22H30F3N7O4S. The molecule has 2 aromatic heterocycles. The highest BCUT2D eigenvalue weighted by atomic mass is 32.2. The van der Waals surface area contributed by atoms with E-state index in [4.69, 9.17) is 4.74 Å². The Morgan fingerprint density at radius 1 is 1.16 bits per heavy atom. The van der Waals surface area contributed by atoms with E-state index in [0.29, 0.717) is 25.7 Å². The number of aromatic nitrogens is 4. The monoisotopic (exact) mass is 545 g/mol. The Kier molecular flexibility index (Phi) is 7.76. The van der Waals surface area contributed by atoms with Crippen molar-refractivity contribution >= 4 is 22.1 Å². The van der Waals surface area contributed by atoms with Crippen LogP contribution >= 0.6 is 0 Å². The number of methoxy groups -OCH3 is 1. The summed E-state index contributed by atoms with van der Waals surface area (Å²) in [5.41, 5.74) is -1.02. The molecule has 2 aliphatic heterocycles. The maximum absolute atomic E-state index is 13.5. The van der Waals surface area contributed by atoms with Gasteiger partial charge in [-0.2, -0.15) is 35.3 Å². The van der Waals surface area contributed by atoms with E-state index in [9.17, 15) is 26.4 Å². The van der Waals surface area contributed by atoms with Gasteiger partial charge in [0.2, 0.25) is 5.95 Å². The minimum atomic E-state index is -4.63. The Morgan fingerprint density at radius 3 is 2.43 bits per heavy atom. The first-order chi connectivity index (χ1) is 17.4. The van der Waals surface area contributed by atoms with Crippen molar-refractivity contribution in [1.29, 1.82) is 0 Å². The molecule has 0 saturated carbocycles. The lowest BCUT2D eigenvalue weighted by Crippen LogP contribution is -2.54. The van der Waals surface area contributed by atoms with Crippen LogP contribution in [0.15, 0.2) is 18.6 Å². The molecule has 204 valence electrons. The predicted molar refractivity (Wildman–Crippen MR) is 127 cm³/mol. The highest BCUT2D eigenvalue weighted by Crippen LogP contribution is 2.36. The zero-order valence-electron chi connectivity index (χ0n) is 20.8. The second kappa shape index (κ2) is 10.5. The van der Waals surface area contributed by atoms with Crippen LogP contribution < -0.4 is 5.32 Å². The largest absolute Gasteiger partial charge is 0.469 e. The molecule has 0 aromatic carbocycles. The molecule has 0 amide bonds. The summed E-state index contributed by atoms with van der Waals surface area (Å²) in [6.07, 6.45) is 0.521. The summed E-state index contributed by atoms with van der Waals surface area (Å²) in [5.74, 6) is -0.610. The van der Waals surface area contributed by atoms with Crippen molar-refractivity contribution in [1.82, 2.24) is 28.4 Å². The van der Waals surface area contributed by atoms with Crippen LogP contribution in [0, 0.1) is 5.92 Å². The second-order valence-electron chi connectivity index (χ2n) is 9.39. The quantitative estimate of drug-likeness (QED) is 0.549. The molecule has 0 aliphatic carbocycles. The number of hydrogen-bond donors (Lipinski definition) is 1. The number of piperidine rings is 2. The Labute approximate surface area is 213 Å². The molecule has 4 heterocycles. The molecule has 37 heavy (non-hydrogen) atoms. The number of esters is 1. The van der Waals surface area contributed by atoms with Crippen molar-refractivity contribution in [2.24, 2.45) is 13.0 Å². The third-order valence-electron chi connectivity index (χ3n) is 6.83. The average molecular weight is 546 g/mol. The topological polar surface area (TPSA) is 123 Å². The van der Waals surface area contributed by atoms with E-state index in [1.165, 1.54) is 32.8 Å². The summed E-state index contributed by atoms with van der Waals surface area (Å²) >= 11 is 0. The smallest absolute Gasteiger partial charge is 0.419 e. The lowest BCUT2D eigenvalue weighted by molar-refractivity contribution is -0.147. The van der Waals surface area contributed by atoms with Gasteiger partial charge in [-0.25, -0.2) is 9.97 Å². The number of rotatable bonds is 6. The van der Waals surface area contributed by atoms with Gasteiger partial charge in [-0.15, -0.1) is 0 Å². The van der Waals surface area contributed by atoms with E-state index in [1.807, 2.05) is 0 Å². The molecule has 4 rings (SSSR count). The lowest BCUT2D eigenvalue weighted by atomic mass is 9.93. The number of carbonyl (C=O) groups excluding carboxylic acids is 1. The van der Waals surface area contributed by atoms with Gasteiger partial charge in [-0.05, 0) is 32.6 Å². The molecule has 2 unspecified atom stereocenters. The molecular weight excluding hydrogens is 515 g/mol. The first-order valence-electron chi connectivity index (χ1n) is 11.9. The molecule has 0 spiro atoms. The van der Waals surface area contributed by atoms with Crippen LogP contribution in [0.4, 0.5) is 19.1 Å². The van der Waals surface area contributed by atoms with E-state index in [-0.39, 0.29) is 60.8 Å². The molecule has 15 heteroatoms. The van der Waals surface area contributed by atoms with E-state index in [0.717, 1.165) is 6.20 Å². The number of ether oxygens (including phenoxy) is 1. The van der Waals surface area contributed by atoms with Crippen molar-refractivity contribution in [3.63, 3.8) is 0 Å². The fourth-order valence-electron chi connectivity index (χ4n) is 4.86. The van der Waals surface area contributed by atoms with Gasteiger partial charge >= 0.3 is 12.1 Å². The molecule has 1 N–H and O–H groups in total. The Balaban J connectivity index is 1.41. The van der Waals surface area contributed by atoms with Gasteiger partial charge in [-0.1, -0.05) is 0 Å². The van der Waals surface area contributed by atoms with Crippen molar-refractivity contribution < 1.29 is 31.1 Å². The molecule has 2 atom stereocenters. The van der Waals surface area contributed by atoms with E-state index < -0.39 is 21.9 Å². The maximum Gasteiger partial charge on any atom is 0.419 e. The summed E-state index contributed by atoms with van der Waals surface area (Å²) < 4.78 is 76.2. The molecule has 2 saturated heterocycles. The lowest BCUT2D eigenvalue weighted by Gasteiger charge is -2.40. The highest BCUT2D eigenvalue weighted by Gasteiger charge is 2.41. The normalized spacial score (nSPS) is 22.6. The van der Waals surface area contributed by atoms with Crippen LogP contribution in [-0.2, 0) is 33.0 Å². The first kappa shape index (κ1) is 27.3. The molecule has 2 aliphatic rings. The van der Waals surface area contributed by atoms with Gasteiger partial charge < -0.3 is 10.1 Å². The number of nitrogens with one attached hydrogen (secondary N) is 1. The van der Waals surface area contributed by atoms with Crippen LogP contribution in [0.2, 0.25) is 0 Å². The summed E-state index contributed by atoms with van der Waals surface area (Å²) in [6.45, 7) is 2.49. The Hall–Kier alpha value is -2.78. The van der Waals surface area contributed by atoms with E-state index >= 15 is 0 Å². The average Bonchev–Trinajstić information content (AvgIpc) is 3.29. The second-order valence-corrected chi connectivity index (χ2v) is 11.3. The first-order valence-corrected chi connectivity index (χ1v) is 13.3. The fraction of sp³-hybridized carbons (Fsp3) is 0.636. The third-order valence-corrected chi connectivity index (χ3v) is 8.98. The van der Waals surface area contributed by atoms with E-state index in [1.54, 1.807) is 14.0 Å². The molecule has 11 nitrogen and oxygen atoms in total. The SMILES string of the molecule is COC(=O)C1CCN(S(=O)(=O)N2CCC(Nc3ncc(C(F)(F)F)c(-c4cnn(C)c4)n3)CC2)C(C)C1. The summed E-state index contributed by atoms with van der Waals surface area (Å²) in [7, 11) is -0.806. The summed E-state index contributed by atoms with van der Waals surface area (Å²) in [5, 5.41) is 6.99. The zero-order valence-corrected chi connectivity index (χ0v) is 21.6. The molecule has 2 aromatic rings. The zero-order chi connectivity index (χ0) is 27.0. The van der Waals surface area contributed by atoms with Crippen molar-refractivity contribution in [2.75, 3.05) is 32.1 Å². The molecule has 2 fully saturated rings. The van der Waals surface area contributed by atoms with Gasteiger partial charge in [-0.3, -0.25) is 9.48 Å². The maximum atomic E-state index is 13.5. The minimum Gasteiger partial charge on any atom is -0.469 e. The van der Waals surface area contributed by atoms with Crippen LogP contribution in [0.3, 0.4) is 0 Å². The van der Waals surface area contributed by atoms with E-state index in [2.05, 4.69) is 20.4 Å². The van der Waals surface area contributed by atoms with Crippen molar-refractivity contribution in [2.45, 2.75) is 50.9 Å². The molecule has 0 radical (unpaired) electrons. The van der Waals surface area contributed by atoms with Gasteiger partial charge in [0, 0.05) is 56.7 Å². The van der Waals surface area contributed by atoms with Crippen molar-refractivity contribution in [3.8, 4) is 11.3 Å². The van der Waals surface area contributed by atoms with Crippen molar-refractivity contribution in [3.05, 3.63) is 24.2 Å². The number of carbonyl (C=O) groups is 1. The van der Waals surface area contributed by atoms with Gasteiger partial charge in [0.25, 0.3) is 10.2 Å². The number of halogens is 3. The molecule has 0 bridgehead atoms. The van der Waals surface area contributed by atoms with Crippen LogP contribution in [0.5, 0.6) is 0 Å². The highest BCUT2D eigenvalue weighted by molar-refractivity contribution is 7.86. The number of hydrogen-bond acceptors (Lipinski definition) is 8. The minimum absolute atomic E-state index is 0.0339. The number of aryl methyl sites for hydroxylation is 1. The Morgan fingerprint density at radius 2 is 1.86 bits per heavy atom. The standard InChI is InChI=1S/C22H30F3N7O4S/c1-14-10-15(20(33)36-3)4-9-32(14)37(34,35)31-7-5-17(6-8-31)28-21-26-12-18(22(23,24)25)19(29-21)16-11-27-30(2)13-16/h11-15,17H,4-10H2,1-3H3,(H,26,28,29). The number of alkyl halides is 3. The third kappa shape index (κ3) is 5.88. The summed E-state index contributed by atoms with van der Waals surface area (Å²) in [6, 6.07) is -0.558. The Bertz CT molecular complexity index is 1230. The predicted octanol–water partition coefficient (Wildman–Crippen LogP) is 2.29. The van der Waals surface area contributed by atoms with Gasteiger partial charge in [0.05, 0.1) is 24.9 Å². The summed E-state index contributed by atoms with van der Waals surface area (Å²) in [4.78, 5) is 19.8. The number of anilines is 1. The van der Waals surface area contributed by atoms with Crippen LogP contribution in [0.25, 0.3) is 11.3 Å².